The number of esters is 4. The minimum absolute atomic E-state index is 0.126. The molecule has 0 aromatic heterocycles. The van der Waals surface area contributed by atoms with E-state index in [0.717, 1.165) is 6.92 Å². The van der Waals surface area contributed by atoms with Gasteiger partial charge in [0.15, 0.2) is 6.10 Å². The van der Waals surface area contributed by atoms with E-state index in [4.69, 9.17) is 23.7 Å². The lowest BCUT2D eigenvalue weighted by Crippen LogP contribution is -2.85. The minimum atomic E-state index is -2.20. The summed E-state index contributed by atoms with van der Waals surface area (Å²) in [5.41, 5.74) is -7.68. The van der Waals surface area contributed by atoms with Gasteiger partial charge in [0.1, 0.15) is 29.8 Å². The minimum Gasteiger partial charge on any atom is -0.464 e. The number of hydrogen-bond donors (Lipinski definition) is 3. The van der Waals surface area contributed by atoms with Gasteiger partial charge in [0.25, 0.3) is 0 Å². The number of fused-ring (bicyclic) bond motifs is 1. The van der Waals surface area contributed by atoms with Crippen LogP contribution in [-0.4, -0.2) is 93.1 Å². The van der Waals surface area contributed by atoms with Gasteiger partial charge in [0.05, 0.1) is 46.7 Å². The van der Waals surface area contributed by atoms with Gasteiger partial charge in [-0.25, -0.2) is 4.79 Å². The Balaban J connectivity index is 2.08. The van der Waals surface area contributed by atoms with Crippen molar-refractivity contribution in [1.29, 1.82) is 0 Å². The van der Waals surface area contributed by atoms with Gasteiger partial charge < -0.3 is 39.0 Å². The summed E-state index contributed by atoms with van der Waals surface area (Å²) >= 11 is 0. The highest BCUT2D eigenvalue weighted by atomic mass is 16.6. The summed E-state index contributed by atoms with van der Waals surface area (Å²) in [6, 6.07) is 7.97. The van der Waals surface area contributed by atoms with Crippen molar-refractivity contribution in [2.75, 3.05) is 6.61 Å². The fourth-order valence-electron chi connectivity index (χ4n) is 7.74. The van der Waals surface area contributed by atoms with Crippen LogP contribution in [-0.2, 0) is 38.1 Å². The van der Waals surface area contributed by atoms with Crippen molar-refractivity contribution in [3.05, 3.63) is 35.9 Å². The van der Waals surface area contributed by atoms with E-state index in [1.165, 1.54) is 19.1 Å². The molecule has 11 atom stereocenters. The van der Waals surface area contributed by atoms with Gasteiger partial charge >= 0.3 is 23.9 Å². The normalized spacial score (nSPS) is 37.3. The van der Waals surface area contributed by atoms with Crippen LogP contribution in [0.15, 0.2) is 30.3 Å². The lowest BCUT2D eigenvalue weighted by atomic mass is 9.45. The average Bonchev–Trinajstić information content (AvgIpc) is 3.18. The maximum Gasteiger partial charge on any atom is 0.338 e. The van der Waals surface area contributed by atoms with Crippen molar-refractivity contribution in [3.63, 3.8) is 0 Å². The van der Waals surface area contributed by atoms with Crippen LogP contribution in [0.1, 0.15) is 85.0 Å². The molecule has 2 aliphatic carbocycles. The zero-order chi connectivity index (χ0) is 34.4. The largest absolute Gasteiger partial charge is 0.464 e. The predicted octanol–water partition coefficient (Wildman–Crippen LogP) is 2.73. The van der Waals surface area contributed by atoms with Crippen molar-refractivity contribution in [2.45, 2.75) is 122 Å². The quantitative estimate of drug-likeness (QED) is 0.250. The summed E-state index contributed by atoms with van der Waals surface area (Å²) in [6.07, 6.45) is -7.66. The van der Waals surface area contributed by atoms with Crippen LogP contribution < -0.4 is 0 Å². The van der Waals surface area contributed by atoms with Crippen molar-refractivity contribution >= 4 is 23.9 Å². The molecule has 46 heavy (non-hydrogen) atoms. The Hall–Kier alpha value is -3.06. The Morgan fingerprint density at radius 2 is 1.50 bits per heavy atom. The molecule has 12 nitrogen and oxygen atoms in total. The summed E-state index contributed by atoms with van der Waals surface area (Å²) in [6.45, 7) is 11.9. The Morgan fingerprint density at radius 3 is 2.07 bits per heavy atom. The fourth-order valence-corrected chi connectivity index (χ4v) is 7.74. The summed E-state index contributed by atoms with van der Waals surface area (Å²) in [5, 5.41) is 36.2. The van der Waals surface area contributed by atoms with Crippen molar-refractivity contribution in [3.8, 4) is 0 Å². The second-order valence-electron chi connectivity index (χ2n) is 13.8. The van der Waals surface area contributed by atoms with Gasteiger partial charge in [-0.3, -0.25) is 14.4 Å². The number of carbonyl (C=O) groups excluding carboxylic acids is 4. The smallest absolute Gasteiger partial charge is 0.338 e. The molecule has 2 saturated carbocycles. The van der Waals surface area contributed by atoms with Crippen LogP contribution in [0.5, 0.6) is 0 Å². The molecule has 4 rings (SSSR count). The monoisotopic (exact) mass is 648 g/mol. The Bertz CT molecular complexity index is 1310. The van der Waals surface area contributed by atoms with Crippen LogP contribution in [0.3, 0.4) is 0 Å². The molecule has 2 bridgehead atoms. The molecule has 11 unspecified atom stereocenters. The van der Waals surface area contributed by atoms with Crippen LogP contribution in [0.25, 0.3) is 0 Å². The maximum absolute atomic E-state index is 13.9. The van der Waals surface area contributed by atoms with Crippen molar-refractivity contribution < 1.29 is 58.2 Å². The highest BCUT2D eigenvalue weighted by Gasteiger charge is 2.87. The standard InChI is InChI=1S/C34H48O12/c1-9-18(3)28(38)42-17-33-26(43-20(5)35)22(36)16-32(8,41)34(33)25(37)23(31(6,7)46-34)24(44-29(39)19(4)10-2)27(33)45-30(40)21-14-12-11-13-15-21/h11-15,18-19,22-27,36-37,41H,9-10,16-17H2,1-8H3. The van der Waals surface area contributed by atoms with Crippen molar-refractivity contribution in [2.24, 2.45) is 23.2 Å². The van der Waals surface area contributed by atoms with Gasteiger partial charge in [-0.2, -0.15) is 0 Å². The Kier molecular flexibility index (Phi) is 10.0. The van der Waals surface area contributed by atoms with E-state index in [0.29, 0.717) is 12.8 Å². The highest BCUT2D eigenvalue weighted by Crippen LogP contribution is 2.68. The SMILES string of the molecule is CCC(C)C(=O)OCC12C(OC(C)=O)C(O)CC(C)(O)C13OC(C)(C)C(C(OC(=O)C(C)CC)C2OC(=O)c1ccccc1)C3O. The molecular weight excluding hydrogens is 600 g/mol. The number of rotatable bonds is 10. The predicted molar refractivity (Wildman–Crippen MR) is 162 cm³/mol. The molecule has 3 fully saturated rings. The zero-order valence-corrected chi connectivity index (χ0v) is 27.8. The number of aliphatic hydroxyl groups excluding tert-OH is 2. The van der Waals surface area contributed by atoms with Gasteiger partial charge in [0.2, 0.25) is 0 Å². The lowest BCUT2D eigenvalue weighted by molar-refractivity contribution is -0.362. The molecule has 3 N–H and O–H groups in total. The molecule has 1 aromatic carbocycles. The first-order valence-corrected chi connectivity index (χ1v) is 16.0. The summed E-state index contributed by atoms with van der Waals surface area (Å²) in [4.78, 5) is 53.3. The van der Waals surface area contributed by atoms with Crippen LogP contribution in [0.4, 0.5) is 0 Å². The van der Waals surface area contributed by atoms with E-state index in [1.54, 1.807) is 59.7 Å². The maximum atomic E-state index is 13.9. The fraction of sp³-hybridized carbons (Fsp3) is 0.706. The third-order valence-corrected chi connectivity index (χ3v) is 10.4. The number of aliphatic hydroxyl groups is 3. The number of hydrogen-bond acceptors (Lipinski definition) is 12. The molecule has 1 heterocycles. The topological polar surface area (TPSA) is 175 Å². The van der Waals surface area contributed by atoms with Crippen LogP contribution in [0.2, 0.25) is 0 Å². The Labute approximate surface area is 269 Å². The molecule has 1 saturated heterocycles. The van der Waals surface area contributed by atoms with E-state index >= 15 is 0 Å². The highest BCUT2D eigenvalue weighted by molar-refractivity contribution is 5.89. The molecule has 0 radical (unpaired) electrons. The number of carbonyl (C=O) groups is 4. The first kappa shape index (κ1) is 35.8. The number of benzene rings is 1. The summed E-state index contributed by atoms with van der Waals surface area (Å²) in [5.74, 6) is -5.30. The van der Waals surface area contributed by atoms with E-state index < -0.39 is 107 Å². The van der Waals surface area contributed by atoms with Crippen molar-refractivity contribution in [1.82, 2.24) is 0 Å². The lowest BCUT2D eigenvalue weighted by Gasteiger charge is -2.66. The molecule has 3 aliphatic rings. The van der Waals surface area contributed by atoms with Crippen LogP contribution >= 0.6 is 0 Å². The molecule has 1 aliphatic heterocycles. The van der Waals surface area contributed by atoms with E-state index in [-0.39, 0.29) is 5.56 Å². The van der Waals surface area contributed by atoms with Gasteiger partial charge in [-0.1, -0.05) is 45.9 Å². The summed E-state index contributed by atoms with van der Waals surface area (Å²) < 4.78 is 30.8. The molecule has 1 aromatic rings. The molecule has 256 valence electrons. The second-order valence-corrected chi connectivity index (χ2v) is 13.8. The average molecular weight is 649 g/mol. The van der Waals surface area contributed by atoms with Gasteiger partial charge in [-0.05, 0) is 45.7 Å². The second kappa shape index (κ2) is 12.9. The summed E-state index contributed by atoms with van der Waals surface area (Å²) in [7, 11) is 0. The molecule has 1 spiro atoms. The van der Waals surface area contributed by atoms with Gasteiger partial charge in [-0.15, -0.1) is 0 Å². The third-order valence-electron chi connectivity index (χ3n) is 10.4. The van der Waals surface area contributed by atoms with Crippen LogP contribution in [0, 0.1) is 23.2 Å². The number of ether oxygens (including phenoxy) is 5. The zero-order valence-electron chi connectivity index (χ0n) is 27.8. The molecule has 12 heteroatoms. The molecule has 0 amide bonds. The van der Waals surface area contributed by atoms with E-state index in [2.05, 4.69) is 0 Å². The molecular formula is C34H48O12. The van der Waals surface area contributed by atoms with Gasteiger partial charge in [0, 0.05) is 13.3 Å². The van der Waals surface area contributed by atoms with E-state index in [9.17, 15) is 34.5 Å². The first-order chi connectivity index (χ1) is 21.4. The Morgan fingerprint density at radius 1 is 0.913 bits per heavy atom. The third kappa shape index (κ3) is 5.61. The van der Waals surface area contributed by atoms with E-state index in [1.807, 2.05) is 0 Å². The first-order valence-electron chi connectivity index (χ1n) is 16.0.